The van der Waals surface area contributed by atoms with E-state index < -0.39 is 0 Å². The zero-order valence-corrected chi connectivity index (χ0v) is 16.3. The van der Waals surface area contributed by atoms with Crippen molar-refractivity contribution in [3.8, 4) is 0 Å². The van der Waals surface area contributed by atoms with Crippen LogP contribution in [0.2, 0.25) is 10.0 Å². The van der Waals surface area contributed by atoms with Crippen LogP contribution in [0, 0.1) is 0 Å². The number of hydrogen-bond donors (Lipinski definition) is 1. The molecule has 1 fully saturated rings. The molecule has 0 bridgehead atoms. The number of fused-ring (bicyclic) bond motifs is 1. The van der Waals surface area contributed by atoms with Gasteiger partial charge in [0.1, 0.15) is 16.7 Å². The fraction of sp³-hybridized carbons (Fsp3) is 0.312. The molecule has 9 heteroatoms. The van der Waals surface area contributed by atoms with Crippen molar-refractivity contribution in [2.24, 2.45) is 0 Å². The number of anilines is 1. The van der Waals surface area contributed by atoms with E-state index in [-0.39, 0.29) is 0 Å². The lowest BCUT2D eigenvalue weighted by molar-refractivity contribution is 0.249. The molecule has 1 saturated heterocycles. The quantitative estimate of drug-likeness (QED) is 0.670. The highest BCUT2D eigenvalue weighted by Gasteiger charge is 2.22. The predicted molar refractivity (Wildman–Crippen MR) is 103 cm³/mol. The molecule has 0 aliphatic carbocycles. The van der Waals surface area contributed by atoms with Gasteiger partial charge in [-0.25, -0.2) is 9.97 Å². The summed E-state index contributed by atoms with van der Waals surface area (Å²) < 4.78 is 0.747. The Labute approximate surface area is 163 Å². The second-order valence-corrected chi connectivity index (χ2v) is 7.51. The van der Waals surface area contributed by atoms with Crippen molar-refractivity contribution in [3.05, 3.63) is 44.7 Å². The van der Waals surface area contributed by atoms with Crippen molar-refractivity contribution >= 4 is 56.0 Å². The Kier molecular flexibility index (Phi) is 4.82. The Morgan fingerprint density at radius 3 is 2.64 bits per heavy atom. The predicted octanol–water partition coefficient (Wildman–Crippen LogP) is 3.74. The van der Waals surface area contributed by atoms with E-state index in [1.165, 1.54) is 5.56 Å². The Morgan fingerprint density at radius 1 is 1.08 bits per heavy atom. The smallest absolute Gasteiger partial charge is 0.161 e. The summed E-state index contributed by atoms with van der Waals surface area (Å²) in [5.41, 5.74) is 1.92. The number of rotatable bonds is 3. The molecule has 3 aromatic rings. The monoisotopic (exact) mass is 440 g/mol. The molecular weight excluding hydrogens is 427 g/mol. The van der Waals surface area contributed by atoms with Crippen molar-refractivity contribution in [1.29, 1.82) is 0 Å². The Bertz CT molecular complexity index is 907. The normalized spacial score (nSPS) is 15.9. The average molecular weight is 442 g/mol. The van der Waals surface area contributed by atoms with Crippen LogP contribution in [-0.4, -0.2) is 51.2 Å². The Balaban J connectivity index is 1.46. The molecular formula is C16H15BrCl2N6. The summed E-state index contributed by atoms with van der Waals surface area (Å²) in [5.74, 6) is 0.916. The molecule has 0 amide bonds. The van der Waals surface area contributed by atoms with Crippen molar-refractivity contribution < 1.29 is 0 Å². The molecule has 1 N–H and O–H groups in total. The summed E-state index contributed by atoms with van der Waals surface area (Å²) in [4.78, 5) is 13.4. The number of H-pyrrole nitrogens is 1. The maximum Gasteiger partial charge on any atom is 0.161 e. The van der Waals surface area contributed by atoms with E-state index in [0.717, 1.165) is 54.2 Å². The fourth-order valence-electron chi connectivity index (χ4n) is 3.06. The van der Waals surface area contributed by atoms with Crippen LogP contribution in [0.25, 0.3) is 11.0 Å². The molecule has 6 nitrogen and oxygen atoms in total. The molecule has 0 unspecified atom stereocenters. The summed E-state index contributed by atoms with van der Waals surface area (Å²) in [5, 5.41) is 9.20. The first kappa shape index (κ1) is 17.0. The lowest BCUT2D eigenvalue weighted by Gasteiger charge is -2.35. The van der Waals surface area contributed by atoms with Crippen LogP contribution in [0.4, 0.5) is 5.82 Å². The number of piperazine rings is 1. The lowest BCUT2D eigenvalue weighted by Crippen LogP contribution is -2.46. The van der Waals surface area contributed by atoms with Crippen molar-refractivity contribution in [2.75, 3.05) is 31.1 Å². The summed E-state index contributed by atoms with van der Waals surface area (Å²) in [6, 6.07) is 5.81. The topological polar surface area (TPSA) is 60.9 Å². The molecule has 1 aliphatic heterocycles. The van der Waals surface area contributed by atoms with Gasteiger partial charge >= 0.3 is 0 Å². The number of aromatic amines is 1. The molecule has 2 aromatic heterocycles. The Morgan fingerprint density at radius 2 is 1.88 bits per heavy atom. The van der Waals surface area contributed by atoms with Gasteiger partial charge in [0.05, 0.1) is 15.4 Å². The zero-order valence-electron chi connectivity index (χ0n) is 13.2. The number of hydrogen-bond acceptors (Lipinski definition) is 5. The molecule has 1 aliphatic rings. The maximum atomic E-state index is 6.11. The van der Waals surface area contributed by atoms with Crippen molar-refractivity contribution in [2.45, 2.75) is 6.54 Å². The number of aromatic nitrogens is 4. The molecule has 3 heterocycles. The van der Waals surface area contributed by atoms with Crippen molar-refractivity contribution in [1.82, 2.24) is 25.1 Å². The van der Waals surface area contributed by atoms with Crippen LogP contribution in [0.5, 0.6) is 0 Å². The number of benzene rings is 1. The second-order valence-electron chi connectivity index (χ2n) is 5.95. The maximum absolute atomic E-state index is 6.11. The van der Waals surface area contributed by atoms with Gasteiger partial charge in [-0.15, -0.1) is 0 Å². The highest BCUT2D eigenvalue weighted by Crippen LogP contribution is 2.29. The molecule has 1 aromatic carbocycles. The number of nitrogens with zero attached hydrogens (tertiary/aromatic N) is 5. The molecule has 4 rings (SSSR count). The van der Waals surface area contributed by atoms with E-state index in [0.29, 0.717) is 10.0 Å². The molecule has 0 saturated carbocycles. The van der Waals surface area contributed by atoms with Gasteiger partial charge in [-0.2, -0.15) is 5.10 Å². The van der Waals surface area contributed by atoms with Gasteiger partial charge in [-0.1, -0.05) is 29.3 Å². The average Bonchev–Trinajstić information content (AvgIpc) is 3.00. The fourth-order valence-corrected chi connectivity index (χ4v) is 3.84. The molecule has 0 spiro atoms. The third-order valence-corrected chi connectivity index (χ3v) is 5.67. The minimum Gasteiger partial charge on any atom is -0.353 e. The van der Waals surface area contributed by atoms with Gasteiger partial charge in [0, 0.05) is 32.7 Å². The van der Waals surface area contributed by atoms with Gasteiger partial charge in [0.25, 0.3) is 0 Å². The van der Waals surface area contributed by atoms with E-state index in [2.05, 4.69) is 45.9 Å². The zero-order chi connectivity index (χ0) is 17.4. The van der Waals surface area contributed by atoms with Crippen LogP contribution < -0.4 is 4.90 Å². The molecule has 0 radical (unpaired) electrons. The Hall–Kier alpha value is -1.41. The largest absolute Gasteiger partial charge is 0.353 e. The SMILES string of the molecule is Clc1ccc(CN2CCN(c3ncnc4[nH]nc(Br)c34)CC2)cc1Cl. The van der Waals surface area contributed by atoms with E-state index in [1.807, 2.05) is 18.2 Å². The third-order valence-electron chi connectivity index (χ3n) is 4.36. The summed E-state index contributed by atoms with van der Waals surface area (Å²) >= 11 is 15.6. The first-order valence-electron chi connectivity index (χ1n) is 7.87. The summed E-state index contributed by atoms with van der Waals surface area (Å²) in [6.45, 7) is 4.54. The summed E-state index contributed by atoms with van der Waals surface area (Å²) in [6.07, 6.45) is 1.57. The van der Waals surface area contributed by atoms with Gasteiger partial charge in [-0.05, 0) is 33.6 Å². The van der Waals surface area contributed by atoms with Crippen LogP contribution >= 0.6 is 39.1 Å². The van der Waals surface area contributed by atoms with Crippen molar-refractivity contribution in [3.63, 3.8) is 0 Å². The van der Waals surface area contributed by atoms with E-state index in [4.69, 9.17) is 23.2 Å². The molecule has 0 atom stereocenters. The second kappa shape index (κ2) is 7.07. The molecule has 130 valence electrons. The van der Waals surface area contributed by atoms with Gasteiger partial charge < -0.3 is 4.90 Å². The van der Waals surface area contributed by atoms with Crippen LogP contribution in [0.15, 0.2) is 29.1 Å². The van der Waals surface area contributed by atoms with Crippen LogP contribution in [-0.2, 0) is 6.54 Å². The van der Waals surface area contributed by atoms with E-state index in [1.54, 1.807) is 6.33 Å². The minimum atomic E-state index is 0.591. The summed E-state index contributed by atoms with van der Waals surface area (Å²) in [7, 11) is 0. The standard InChI is InChI=1S/C16H15BrCl2N6/c17-14-13-15(23-22-14)20-9-21-16(13)25-5-3-24(4-6-25)8-10-1-2-11(18)12(19)7-10/h1-2,7,9H,3-6,8H2,(H,20,21,22,23). The highest BCUT2D eigenvalue weighted by atomic mass is 79.9. The van der Waals surface area contributed by atoms with Gasteiger partial charge in [0.2, 0.25) is 0 Å². The van der Waals surface area contributed by atoms with E-state index in [9.17, 15) is 0 Å². The van der Waals surface area contributed by atoms with Crippen LogP contribution in [0.3, 0.4) is 0 Å². The van der Waals surface area contributed by atoms with Gasteiger partial charge in [0.15, 0.2) is 5.65 Å². The van der Waals surface area contributed by atoms with Gasteiger partial charge in [-0.3, -0.25) is 10.00 Å². The van der Waals surface area contributed by atoms with Crippen LogP contribution in [0.1, 0.15) is 5.56 Å². The van der Waals surface area contributed by atoms with E-state index >= 15 is 0 Å². The first-order chi connectivity index (χ1) is 12.1. The number of halogens is 3. The minimum absolute atomic E-state index is 0.591. The molecule has 25 heavy (non-hydrogen) atoms. The first-order valence-corrected chi connectivity index (χ1v) is 9.42. The third kappa shape index (κ3) is 3.46. The number of nitrogens with one attached hydrogen (secondary N) is 1. The lowest BCUT2D eigenvalue weighted by atomic mass is 10.2. The highest BCUT2D eigenvalue weighted by molar-refractivity contribution is 9.10.